The Balaban J connectivity index is 0.00000200. The van der Waals surface area contributed by atoms with Gasteiger partial charge in [0.2, 0.25) is 7.27 Å². The Morgan fingerprint density at radius 2 is 1.75 bits per heavy atom. The number of methoxy groups -OCH3 is 1. The Morgan fingerprint density at radius 3 is 2.40 bits per heavy atom. The number of fused-ring (bicyclic) bond motifs is 1. The molecule has 2 rings (SSSR count). The molecule has 0 unspecified atom stereocenters. The molecule has 0 N–H and O–H groups in total. The normalized spacial score (nSPS) is 12.2. The molecule has 0 spiro atoms. The van der Waals surface area contributed by atoms with Gasteiger partial charge in [-0.15, -0.1) is 6.32 Å². The van der Waals surface area contributed by atoms with E-state index in [0.29, 0.717) is 6.42 Å². The van der Waals surface area contributed by atoms with Crippen molar-refractivity contribution in [2.45, 2.75) is 25.6 Å². The molecule has 0 saturated heterocycles. The molecule has 5 heteroatoms. The minimum absolute atomic E-state index is 0. The molecule has 0 aliphatic heterocycles. The quantitative estimate of drug-likeness (QED) is 0.765. The monoisotopic (exact) mass is 301 g/mol. The fourth-order valence-corrected chi connectivity index (χ4v) is 2.22. The van der Waals surface area contributed by atoms with Gasteiger partial charge < -0.3 is 13.4 Å². The molecule has 0 saturated carbocycles. The first-order chi connectivity index (χ1) is 9.10. The molecular weight excluding hydrogens is 284 g/mol. The molecule has 0 heterocycles. The van der Waals surface area contributed by atoms with Crippen molar-refractivity contribution in [1.29, 1.82) is 0 Å². The van der Waals surface area contributed by atoms with Gasteiger partial charge in [0.05, 0.1) is 7.11 Å². The van der Waals surface area contributed by atoms with Gasteiger partial charge in [0.25, 0.3) is 0 Å². The fourth-order valence-electron chi connectivity index (χ4n) is 2.22. The van der Waals surface area contributed by atoms with Crippen molar-refractivity contribution >= 4 is 18.0 Å². The first kappa shape index (κ1) is 18.1. The molecule has 0 aromatic heterocycles. The van der Waals surface area contributed by atoms with Crippen LogP contribution in [0, 0.1) is 0 Å². The van der Waals surface area contributed by atoms with E-state index in [4.69, 9.17) is 4.74 Å². The summed E-state index contributed by atoms with van der Waals surface area (Å²) in [6.07, 6.45) is 0.473. The smallest absolute Gasteiger partial charge is 0.511 e. The van der Waals surface area contributed by atoms with Crippen LogP contribution in [0.1, 0.15) is 24.8 Å². The summed E-state index contributed by atoms with van der Waals surface area (Å²) in [7, 11) is -0.575. The van der Waals surface area contributed by atoms with Crippen LogP contribution in [0.4, 0.5) is 8.63 Å². The van der Waals surface area contributed by atoms with Gasteiger partial charge in [-0.2, -0.15) is 0 Å². The first-order valence-corrected chi connectivity index (χ1v) is 6.46. The summed E-state index contributed by atoms with van der Waals surface area (Å²) in [5.74, 6) is 0.978. The van der Waals surface area contributed by atoms with Crippen molar-refractivity contribution < 1.29 is 64.8 Å². The first-order valence-electron chi connectivity index (χ1n) is 6.46. The molecule has 0 bridgehead atoms. The van der Waals surface area contributed by atoms with E-state index in [2.05, 4.69) is 6.07 Å². The predicted octanol–water partition coefficient (Wildman–Crippen LogP) is 1.77. The van der Waals surface area contributed by atoms with Gasteiger partial charge in [0.1, 0.15) is 5.75 Å². The van der Waals surface area contributed by atoms with Crippen LogP contribution in [-0.4, -0.2) is 14.4 Å². The van der Waals surface area contributed by atoms with Crippen LogP contribution in [0.5, 0.6) is 5.75 Å². The van der Waals surface area contributed by atoms with Crippen molar-refractivity contribution in [2.24, 2.45) is 0 Å². The molecule has 2 aromatic carbocycles. The maximum absolute atomic E-state index is 12.2. The predicted molar refractivity (Wildman–Crippen MR) is 76.3 cm³/mol. The Hall–Kier alpha value is 0.0613. The van der Waals surface area contributed by atoms with Crippen molar-refractivity contribution in [2.75, 3.05) is 7.11 Å². The molecule has 0 aliphatic rings. The van der Waals surface area contributed by atoms with E-state index in [1.807, 2.05) is 37.3 Å². The van der Waals surface area contributed by atoms with Gasteiger partial charge in [-0.05, 0) is 34.4 Å². The van der Waals surface area contributed by atoms with Crippen molar-refractivity contribution in [3.05, 3.63) is 42.0 Å². The number of ether oxygens (including phenoxy) is 1. The SMILES string of the molecule is COc1ccc2cc([C@H](C)CC[B-](F)F)ccc2c1.[K+]. The number of rotatable bonds is 5. The van der Waals surface area contributed by atoms with Crippen LogP contribution in [0.15, 0.2) is 36.4 Å². The topological polar surface area (TPSA) is 9.23 Å². The molecule has 0 amide bonds. The average Bonchev–Trinajstić information content (AvgIpc) is 2.43. The van der Waals surface area contributed by atoms with Crippen LogP contribution in [0.2, 0.25) is 6.32 Å². The van der Waals surface area contributed by atoms with Gasteiger partial charge in [0.15, 0.2) is 0 Å². The Labute approximate surface area is 161 Å². The largest absolute Gasteiger partial charge is 1.00 e. The number of halogens is 2. The van der Waals surface area contributed by atoms with Gasteiger partial charge in [-0.1, -0.05) is 37.6 Å². The fraction of sp³-hybridized carbons (Fsp3) is 0.333. The average molecular weight is 301 g/mol. The van der Waals surface area contributed by atoms with Crippen LogP contribution in [0.3, 0.4) is 0 Å². The zero-order chi connectivity index (χ0) is 13.8. The van der Waals surface area contributed by atoms with Crippen LogP contribution in [-0.2, 0) is 0 Å². The van der Waals surface area contributed by atoms with Crippen LogP contribution >= 0.6 is 0 Å². The molecule has 0 fully saturated rings. The second-order valence-electron chi connectivity index (χ2n) is 4.84. The molecule has 1 radical (unpaired) electrons. The van der Waals surface area contributed by atoms with Crippen molar-refractivity contribution in [1.82, 2.24) is 0 Å². The second-order valence-corrected chi connectivity index (χ2v) is 4.84. The van der Waals surface area contributed by atoms with Crippen LogP contribution in [0.25, 0.3) is 10.8 Å². The van der Waals surface area contributed by atoms with E-state index in [1.54, 1.807) is 7.11 Å². The zero-order valence-electron chi connectivity index (χ0n) is 12.2. The summed E-state index contributed by atoms with van der Waals surface area (Å²) in [5.41, 5.74) is 1.11. The minimum atomic E-state index is -2.22. The third kappa shape index (κ3) is 4.81. The summed E-state index contributed by atoms with van der Waals surface area (Å²) >= 11 is 0. The summed E-state index contributed by atoms with van der Waals surface area (Å²) in [4.78, 5) is 0. The summed E-state index contributed by atoms with van der Waals surface area (Å²) < 4.78 is 29.6. The second kappa shape index (κ2) is 8.49. The molecule has 101 valence electrons. The molecule has 1 nitrogen and oxygen atoms in total. The van der Waals surface area contributed by atoms with E-state index >= 15 is 0 Å². The maximum Gasteiger partial charge on any atom is 1.00 e. The van der Waals surface area contributed by atoms with E-state index in [0.717, 1.165) is 22.1 Å². The van der Waals surface area contributed by atoms with Crippen molar-refractivity contribution in [3.63, 3.8) is 0 Å². The zero-order valence-corrected chi connectivity index (χ0v) is 15.3. The van der Waals surface area contributed by atoms with Gasteiger partial charge in [-0.25, -0.2) is 0 Å². The summed E-state index contributed by atoms with van der Waals surface area (Å²) in [6, 6.07) is 12.0. The third-order valence-electron chi connectivity index (χ3n) is 3.46. The minimum Gasteiger partial charge on any atom is -0.511 e. The Morgan fingerprint density at radius 1 is 1.10 bits per heavy atom. The summed E-state index contributed by atoms with van der Waals surface area (Å²) in [5, 5.41) is 2.21. The molecule has 20 heavy (non-hydrogen) atoms. The van der Waals surface area contributed by atoms with Gasteiger partial charge >= 0.3 is 51.4 Å². The van der Waals surface area contributed by atoms with E-state index in [-0.39, 0.29) is 63.6 Å². The van der Waals surface area contributed by atoms with Crippen molar-refractivity contribution in [3.8, 4) is 5.75 Å². The third-order valence-corrected chi connectivity index (χ3v) is 3.46. The maximum atomic E-state index is 12.2. The molecule has 2 aromatic rings. The van der Waals surface area contributed by atoms with E-state index in [1.165, 1.54) is 0 Å². The molecule has 1 atom stereocenters. The van der Waals surface area contributed by atoms with E-state index < -0.39 is 7.27 Å². The number of hydrogen-bond acceptors (Lipinski definition) is 1. The van der Waals surface area contributed by atoms with E-state index in [9.17, 15) is 8.63 Å². The van der Waals surface area contributed by atoms with Gasteiger partial charge in [-0.3, -0.25) is 0 Å². The molecular formula is C15H17BF2KO. The standard InChI is InChI=1S/C15H17BF2O.K/c1-11(7-8-16(17)18)12-3-4-14-10-15(19-2)6-5-13(14)9-12;/h3-6,9-11H,7-8H2,1-2H3;/q-1;+1/t11-;/m1./s1. The van der Waals surface area contributed by atoms with Gasteiger partial charge in [0, 0.05) is 0 Å². The summed E-state index contributed by atoms with van der Waals surface area (Å²) in [6.45, 7) is 1.99. The number of hydrogen-bond donors (Lipinski definition) is 0. The Bertz CT molecular complexity index is 563. The number of benzene rings is 2. The Kier molecular flexibility index (Phi) is 7.69. The van der Waals surface area contributed by atoms with Crippen LogP contribution < -0.4 is 56.1 Å². The molecule has 0 aliphatic carbocycles.